The van der Waals surface area contributed by atoms with Crippen molar-refractivity contribution in [2.24, 2.45) is 0 Å². The lowest BCUT2D eigenvalue weighted by atomic mass is 9.93. The number of nitrogens with zero attached hydrogens (tertiary/aromatic N) is 3. The van der Waals surface area contributed by atoms with E-state index in [0.717, 1.165) is 55.5 Å². The van der Waals surface area contributed by atoms with Crippen LogP contribution in [0.15, 0.2) is 12.3 Å². The zero-order valence-electron chi connectivity index (χ0n) is 16.1. The number of imidazole rings is 1. The van der Waals surface area contributed by atoms with Crippen LogP contribution >= 0.6 is 0 Å². The molecule has 142 valence electrons. The minimum absolute atomic E-state index is 0.144. The van der Waals surface area contributed by atoms with Crippen LogP contribution in [0.25, 0.3) is 5.52 Å². The maximum absolute atomic E-state index is 12.7. The van der Waals surface area contributed by atoms with Gasteiger partial charge in [0.05, 0.1) is 23.5 Å². The Morgan fingerprint density at radius 2 is 2.04 bits per heavy atom. The number of amides is 1. The normalized spacial score (nSPS) is 20.4. The van der Waals surface area contributed by atoms with E-state index < -0.39 is 0 Å². The van der Waals surface area contributed by atoms with Crippen molar-refractivity contribution in [2.75, 3.05) is 6.61 Å². The molecule has 26 heavy (non-hydrogen) atoms. The summed E-state index contributed by atoms with van der Waals surface area (Å²) in [6, 6.07) is 2.19. The summed E-state index contributed by atoms with van der Waals surface area (Å²) >= 11 is 0. The lowest BCUT2D eigenvalue weighted by molar-refractivity contribution is 0.0204. The van der Waals surface area contributed by atoms with Crippen molar-refractivity contribution in [3.63, 3.8) is 0 Å². The van der Waals surface area contributed by atoms with Crippen molar-refractivity contribution in [1.82, 2.24) is 19.9 Å². The number of rotatable bonds is 7. The average Bonchev–Trinajstić information content (AvgIpc) is 3.04. The van der Waals surface area contributed by atoms with Gasteiger partial charge in [-0.2, -0.15) is 5.10 Å². The molecule has 1 fully saturated rings. The zero-order chi connectivity index (χ0) is 18.5. The van der Waals surface area contributed by atoms with Crippen LogP contribution < -0.4 is 5.32 Å². The van der Waals surface area contributed by atoms with Crippen molar-refractivity contribution in [2.45, 2.75) is 77.9 Å². The molecule has 0 saturated heterocycles. The minimum Gasteiger partial charge on any atom is -0.378 e. The van der Waals surface area contributed by atoms with Gasteiger partial charge >= 0.3 is 0 Å². The van der Waals surface area contributed by atoms with E-state index in [1.54, 1.807) is 10.7 Å². The summed E-state index contributed by atoms with van der Waals surface area (Å²) in [4.78, 5) is 17.0. The van der Waals surface area contributed by atoms with Gasteiger partial charge in [0.25, 0.3) is 5.91 Å². The van der Waals surface area contributed by atoms with Crippen LogP contribution in [0.4, 0.5) is 0 Å². The van der Waals surface area contributed by atoms with Crippen LogP contribution in [0, 0.1) is 13.8 Å². The van der Waals surface area contributed by atoms with Crippen LogP contribution in [0.1, 0.15) is 73.7 Å². The molecule has 0 atom stereocenters. The highest BCUT2D eigenvalue weighted by molar-refractivity contribution is 5.92. The van der Waals surface area contributed by atoms with Crippen molar-refractivity contribution >= 4 is 11.4 Å². The molecular formula is C20H30N4O2. The molecule has 0 bridgehead atoms. The Labute approximate surface area is 155 Å². The Kier molecular flexibility index (Phi) is 6.25. The molecule has 1 aliphatic carbocycles. The number of carbonyl (C=O) groups excluding carboxylic acids is 1. The lowest BCUT2D eigenvalue weighted by Crippen LogP contribution is -2.40. The largest absolute Gasteiger partial charge is 0.378 e. The number of unbranched alkanes of at least 4 members (excludes halogenated alkanes) is 2. The highest BCUT2D eigenvalue weighted by Crippen LogP contribution is 2.22. The van der Waals surface area contributed by atoms with Crippen LogP contribution in [-0.2, 0) is 4.74 Å². The number of fused-ring (bicyclic) bond motifs is 1. The molecule has 2 heterocycles. The number of ether oxygens (including phenoxy) is 1. The molecule has 1 saturated carbocycles. The van der Waals surface area contributed by atoms with Gasteiger partial charge in [-0.1, -0.05) is 19.8 Å². The van der Waals surface area contributed by atoms with Crippen molar-refractivity contribution in [3.8, 4) is 0 Å². The molecule has 0 spiro atoms. The Balaban J connectivity index is 1.53. The van der Waals surface area contributed by atoms with E-state index in [0.29, 0.717) is 11.9 Å². The second-order valence-corrected chi connectivity index (χ2v) is 7.37. The first kappa shape index (κ1) is 18.8. The summed E-state index contributed by atoms with van der Waals surface area (Å²) in [7, 11) is 0. The van der Waals surface area contributed by atoms with E-state index in [1.165, 1.54) is 12.8 Å². The topological polar surface area (TPSA) is 68.5 Å². The predicted octanol–water partition coefficient (Wildman–Crippen LogP) is 3.59. The number of aromatic nitrogens is 3. The van der Waals surface area contributed by atoms with Gasteiger partial charge in [0, 0.05) is 12.6 Å². The number of nitrogens with one attached hydrogen (secondary N) is 1. The first-order chi connectivity index (χ1) is 12.6. The highest BCUT2D eigenvalue weighted by atomic mass is 16.5. The molecule has 0 aliphatic heterocycles. The molecular weight excluding hydrogens is 328 g/mol. The van der Waals surface area contributed by atoms with Crippen LogP contribution in [0.5, 0.6) is 0 Å². The molecule has 0 aromatic carbocycles. The molecule has 0 radical (unpaired) electrons. The Morgan fingerprint density at radius 3 is 2.77 bits per heavy atom. The summed E-state index contributed by atoms with van der Waals surface area (Å²) in [5.41, 5.74) is 2.83. The highest BCUT2D eigenvalue weighted by Gasteiger charge is 2.25. The Morgan fingerprint density at radius 1 is 1.27 bits per heavy atom. The van der Waals surface area contributed by atoms with Gasteiger partial charge in [0.1, 0.15) is 0 Å². The van der Waals surface area contributed by atoms with Gasteiger partial charge in [0.15, 0.2) is 0 Å². The fourth-order valence-electron chi connectivity index (χ4n) is 3.67. The molecule has 1 N–H and O–H groups in total. The van der Waals surface area contributed by atoms with E-state index in [9.17, 15) is 4.79 Å². The van der Waals surface area contributed by atoms with Gasteiger partial charge in [-0.15, -0.1) is 0 Å². The third-order valence-electron chi connectivity index (χ3n) is 5.14. The minimum atomic E-state index is -0.144. The molecule has 3 rings (SSSR count). The molecule has 6 heteroatoms. The second kappa shape index (κ2) is 8.62. The monoisotopic (exact) mass is 358 g/mol. The fourth-order valence-corrected chi connectivity index (χ4v) is 3.67. The SMILES string of the molecule is CCCCCO[C@H]1CC[C@H](NC(=O)c2ncc3c(C)cc(C)nn23)CC1. The third kappa shape index (κ3) is 4.41. The lowest BCUT2D eigenvalue weighted by Gasteiger charge is -2.29. The number of hydrogen-bond acceptors (Lipinski definition) is 4. The molecule has 1 aliphatic rings. The van der Waals surface area contributed by atoms with Gasteiger partial charge in [-0.05, 0) is 57.6 Å². The average molecular weight is 358 g/mol. The quantitative estimate of drug-likeness (QED) is 0.768. The van der Waals surface area contributed by atoms with Gasteiger partial charge < -0.3 is 10.1 Å². The second-order valence-electron chi connectivity index (χ2n) is 7.37. The maximum Gasteiger partial charge on any atom is 0.289 e. The summed E-state index contributed by atoms with van der Waals surface area (Å²) < 4.78 is 7.61. The zero-order valence-corrected chi connectivity index (χ0v) is 16.1. The number of aryl methyl sites for hydroxylation is 2. The fraction of sp³-hybridized carbons (Fsp3) is 0.650. The first-order valence-electron chi connectivity index (χ1n) is 9.83. The van der Waals surface area contributed by atoms with E-state index >= 15 is 0 Å². The predicted molar refractivity (Wildman–Crippen MR) is 101 cm³/mol. The third-order valence-corrected chi connectivity index (χ3v) is 5.14. The van der Waals surface area contributed by atoms with E-state index in [1.807, 2.05) is 19.9 Å². The van der Waals surface area contributed by atoms with Gasteiger partial charge in [-0.3, -0.25) is 4.79 Å². The van der Waals surface area contributed by atoms with Gasteiger partial charge in [-0.25, -0.2) is 9.50 Å². The van der Waals surface area contributed by atoms with E-state index in [2.05, 4.69) is 22.3 Å². The first-order valence-corrected chi connectivity index (χ1v) is 9.83. The molecule has 2 aromatic heterocycles. The molecule has 1 amide bonds. The number of hydrogen-bond donors (Lipinski definition) is 1. The van der Waals surface area contributed by atoms with Crippen molar-refractivity contribution in [1.29, 1.82) is 0 Å². The summed E-state index contributed by atoms with van der Waals surface area (Å²) in [6.07, 6.45) is 9.60. The maximum atomic E-state index is 12.7. The standard InChI is InChI=1S/C20H30N4O2/c1-4-5-6-11-26-17-9-7-16(8-10-17)22-20(25)19-21-13-18-14(2)12-15(3)23-24(18)19/h12-13,16-17H,4-11H2,1-3H3,(H,22,25)/t16-,17-. The molecule has 0 unspecified atom stereocenters. The van der Waals surface area contributed by atoms with Crippen LogP contribution in [-0.4, -0.2) is 39.3 Å². The van der Waals surface area contributed by atoms with Crippen molar-refractivity contribution < 1.29 is 9.53 Å². The molecule has 2 aromatic rings. The summed E-state index contributed by atoms with van der Waals surface area (Å²) in [5, 5.41) is 7.58. The van der Waals surface area contributed by atoms with E-state index in [4.69, 9.17) is 4.74 Å². The summed E-state index contributed by atoms with van der Waals surface area (Å²) in [5.74, 6) is 0.222. The van der Waals surface area contributed by atoms with Crippen LogP contribution in [0.3, 0.4) is 0 Å². The van der Waals surface area contributed by atoms with Crippen LogP contribution in [0.2, 0.25) is 0 Å². The Bertz CT molecular complexity index is 748. The van der Waals surface area contributed by atoms with Gasteiger partial charge in [0.2, 0.25) is 5.82 Å². The smallest absolute Gasteiger partial charge is 0.289 e. The van der Waals surface area contributed by atoms with Crippen molar-refractivity contribution in [3.05, 3.63) is 29.3 Å². The summed E-state index contributed by atoms with van der Waals surface area (Å²) in [6.45, 7) is 7.00. The molecule has 6 nitrogen and oxygen atoms in total. The number of carbonyl (C=O) groups is 1. The van der Waals surface area contributed by atoms with E-state index in [-0.39, 0.29) is 11.9 Å². The Hall–Kier alpha value is -1.95.